The molecule has 0 aliphatic heterocycles. The van der Waals surface area contributed by atoms with Crippen LogP contribution in [0.15, 0.2) is 30.5 Å². The second kappa shape index (κ2) is 7.10. The first kappa shape index (κ1) is 19.6. The second-order valence-electron chi connectivity index (χ2n) is 6.41. The summed E-state index contributed by atoms with van der Waals surface area (Å²) in [5, 5.41) is 21.7. The van der Waals surface area contributed by atoms with Crippen LogP contribution >= 0.6 is 11.6 Å². The summed E-state index contributed by atoms with van der Waals surface area (Å²) in [4.78, 5) is 16.5. The van der Waals surface area contributed by atoms with E-state index in [1.54, 1.807) is 0 Å². The molecule has 144 valence electrons. The molecule has 2 aromatic rings. The lowest BCUT2D eigenvalue weighted by atomic mass is 9.74. The minimum atomic E-state index is -2.50. The van der Waals surface area contributed by atoms with E-state index in [-0.39, 0.29) is 36.2 Å². The highest BCUT2D eigenvalue weighted by Gasteiger charge is 2.51. The fourth-order valence-corrected chi connectivity index (χ4v) is 3.36. The smallest absolute Gasteiger partial charge is 0.262 e. The van der Waals surface area contributed by atoms with Gasteiger partial charge in [0.1, 0.15) is 5.60 Å². The van der Waals surface area contributed by atoms with Gasteiger partial charge < -0.3 is 15.5 Å². The maximum atomic E-state index is 15.6. The summed E-state index contributed by atoms with van der Waals surface area (Å²) in [6.07, 6.45) is 0.716. The quantitative estimate of drug-likeness (QED) is 0.689. The highest BCUT2D eigenvalue weighted by atomic mass is 35.5. The SMILES string of the molecule is O=C(NCc1ccc(F)c(F)c1Cl)[C@]1(F)CC[C@](O)(CO)c2ncccc21. The Morgan fingerprint density at radius 1 is 1.30 bits per heavy atom. The monoisotopic (exact) mass is 400 g/mol. The predicted molar refractivity (Wildman–Crippen MR) is 90.5 cm³/mol. The Morgan fingerprint density at radius 3 is 2.74 bits per heavy atom. The summed E-state index contributed by atoms with van der Waals surface area (Å²) in [7, 11) is 0. The topological polar surface area (TPSA) is 82.5 Å². The highest BCUT2D eigenvalue weighted by molar-refractivity contribution is 6.31. The largest absolute Gasteiger partial charge is 0.393 e. The lowest BCUT2D eigenvalue weighted by Crippen LogP contribution is -2.49. The number of pyridine rings is 1. The summed E-state index contributed by atoms with van der Waals surface area (Å²) in [6, 6.07) is 4.77. The molecule has 1 amide bonds. The number of halogens is 4. The first-order valence-electron chi connectivity index (χ1n) is 8.12. The first-order chi connectivity index (χ1) is 12.7. The van der Waals surface area contributed by atoms with Crippen molar-refractivity contribution in [1.82, 2.24) is 10.3 Å². The molecule has 0 radical (unpaired) electrons. The lowest BCUT2D eigenvalue weighted by molar-refractivity contribution is -0.138. The lowest BCUT2D eigenvalue weighted by Gasteiger charge is -2.38. The van der Waals surface area contributed by atoms with Crippen LogP contribution in [-0.2, 0) is 22.6 Å². The minimum Gasteiger partial charge on any atom is -0.393 e. The Hall–Kier alpha value is -2.16. The van der Waals surface area contributed by atoms with Crippen LogP contribution in [0.3, 0.4) is 0 Å². The molecule has 1 heterocycles. The third kappa shape index (κ3) is 3.28. The van der Waals surface area contributed by atoms with Gasteiger partial charge in [0.2, 0.25) is 5.67 Å². The first-order valence-corrected chi connectivity index (χ1v) is 8.49. The zero-order chi connectivity index (χ0) is 19.8. The zero-order valence-corrected chi connectivity index (χ0v) is 14.7. The molecule has 0 unspecified atom stereocenters. The molecule has 0 bridgehead atoms. The number of fused-ring (bicyclic) bond motifs is 1. The molecule has 27 heavy (non-hydrogen) atoms. The van der Waals surface area contributed by atoms with Gasteiger partial charge in [-0.25, -0.2) is 13.2 Å². The van der Waals surface area contributed by atoms with E-state index in [0.29, 0.717) is 0 Å². The molecule has 0 fully saturated rings. The van der Waals surface area contributed by atoms with E-state index in [2.05, 4.69) is 10.3 Å². The van der Waals surface area contributed by atoms with E-state index in [1.165, 1.54) is 24.4 Å². The number of carbonyl (C=O) groups excluding carboxylic acids is 1. The van der Waals surface area contributed by atoms with E-state index in [4.69, 9.17) is 11.6 Å². The standard InChI is InChI=1S/C18H16ClF3N2O3/c19-13-10(3-4-12(20)14(13)21)8-24-16(26)18(22)6-5-17(27,9-25)15-11(18)2-1-7-23-15/h1-4,7,25,27H,5-6,8-9H2,(H,24,26)/t17-,18-/m0/s1. The van der Waals surface area contributed by atoms with Crippen molar-refractivity contribution in [2.24, 2.45) is 0 Å². The Balaban J connectivity index is 1.87. The van der Waals surface area contributed by atoms with Crippen LogP contribution in [0.5, 0.6) is 0 Å². The number of amides is 1. The molecule has 1 aromatic heterocycles. The van der Waals surface area contributed by atoms with Crippen LogP contribution in [0, 0.1) is 11.6 Å². The van der Waals surface area contributed by atoms with Crippen molar-refractivity contribution >= 4 is 17.5 Å². The fraction of sp³-hybridized carbons (Fsp3) is 0.333. The molecule has 5 nitrogen and oxygen atoms in total. The van der Waals surface area contributed by atoms with Crippen LogP contribution in [0.2, 0.25) is 5.02 Å². The number of carbonyl (C=O) groups is 1. The molecule has 1 aliphatic carbocycles. The molecular weight excluding hydrogens is 385 g/mol. The minimum absolute atomic E-state index is 0.0848. The van der Waals surface area contributed by atoms with Crippen molar-refractivity contribution in [3.05, 3.63) is 63.9 Å². The Morgan fingerprint density at radius 2 is 2.04 bits per heavy atom. The van der Waals surface area contributed by atoms with Crippen molar-refractivity contribution in [3.8, 4) is 0 Å². The molecule has 0 spiro atoms. The fourth-order valence-electron chi connectivity index (χ4n) is 3.14. The van der Waals surface area contributed by atoms with E-state index in [0.717, 1.165) is 6.07 Å². The number of nitrogens with one attached hydrogen (secondary N) is 1. The van der Waals surface area contributed by atoms with Gasteiger partial charge in [-0.2, -0.15) is 0 Å². The molecule has 9 heteroatoms. The van der Waals surface area contributed by atoms with Gasteiger partial charge in [-0.05, 0) is 30.5 Å². The average molecular weight is 401 g/mol. The molecule has 3 rings (SSSR count). The van der Waals surface area contributed by atoms with Crippen molar-refractivity contribution in [1.29, 1.82) is 0 Å². The van der Waals surface area contributed by atoms with Crippen LogP contribution in [0.25, 0.3) is 0 Å². The van der Waals surface area contributed by atoms with Crippen LogP contribution in [0.4, 0.5) is 13.2 Å². The van der Waals surface area contributed by atoms with Gasteiger partial charge in [0, 0.05) is 18.3 Å². The third-order valence-electron chi connectivity index (χ3n) is 4.73. The highest BCUT2D eigenvalue weighted by Crippen LogP contribution is 2.45. The number of nitrogens with zero attached hydrogens (tertiary/aromatic N) is 1. The van der Waals surface area contributed by atoms with Crippen molar-refractivity contribution < 1.29 is 28.2 Å². The summed E-state index contributed by atoms with van der Waals surface area (Å²) < 4.78 is 42.2. The average Bonchev–Trinajstić information content (AvgIpc) is 2.68. The molecule has 3 N–H and O–H groups in total. The number of aromatic nitrogens is 1. The van der Waals surface area contributed by atoms with Crippen LogP contribution < -0.4 is 5.32 Å². The molecule has 1 aliphatic rings. The van der Waals surface area contributed by atoms with Gasteiger partial charge in [0.15, 0.2) is 11.6 Å². The van der Waals surface area contributed by atoms with E-state index >= 15 is 4.39 Å². The Labute approximate surface area is 157 Å². The number of aliphatic hydroxyl groups is 2. The Bertz CT molecular complexity index is 898. The molecule has 0 saturated heterocycles. The molecule has 2 atom stereocenters. The maximum Gasteiger partial charge on any atom is 0.262 e. The van der Waals surface area contributed by atoms with Gasteiger partial charge in [0.25, 0.3) is 5.91 Å². The molecule has 0 saturated carbocycles. The number of hydrogen-bond acceptors (Lipinski definition) is 4. The second-order valence-corrected chi connectivity index (χ2v) is 6.79. The van der Waals surface area contributed by atoms with Crippen LogP contribution in [-0.4, -0.2) is 27.7 Å². The predicted octanol–water partition coefficient (Wildman–Crippen LogP) is 2.47. The number of benzene rings is 1. The van der Waals surface area contributed by atoms with Crippen molar-refractivity contribution in [3.63, 3.8) is 0 Å². The van der Waals surface area contributed by atoms with Gasteiger partial charge in [-0.1, -0.05) is 23.7 Å². The summed E-state index contributed by atoms with van der Waals surface area (Å²) in [6.45, 7) is -0.987. The number of aliphatic hydroxyl groups excluding tert-OH is 1. The summed E-state index contributed by atoms with van der Waals surface area (Å²) in [5.74, 6) is -3.41. The normalized spacial score (nSPS) is 24.4. The summed E-state index contributed by atoms with van der Waals surface area (Å²) >= 11 is 5.71. The van der Waals surface area contributed by atoms with Crippen molar-refractivity contribution in [2.75, 3.05) is 6.61 Å². The Kier molecular flexibility index (Phi) is 5.16. The van der Waals surface area contributed by atoms with E-state index < -0.39 is 40.4 Å². The number of rotatable bonds is 4. The van der Waals surface area contributed by atoms with Gasteiger partial charge in [0.05, 0.1) is 17.3 Å². The third-order valence-corrected chi connectivity index (χ3v) is 5.14. The zero-order valence-electron chi connectivity index (χ0n) is 14.0. The maximum absolute atomic E-state index is 15.6. The van der Waals surface area contributed by atoms with Gasteiger partial charge >= 0.3 is 0 Å². The van der Waals surface area contributed by atoms with E-state index in [1.807, 2.05) is 0 Å². The summed E-state index contributed by atoms with van der Waals surface area (Å²) in [5.41, 5.74) is -4.42. The molecule has 1 aromatic carbocycles. The van der Waals surface area contributed by atoms with E-state index in [9.17, 15) is 23.8 Å². The van der Waals surface area contributed by atoms with Gasteiger partial charge in [-0.15, -0.1) is 0 Å². The molecular formula is C18H16ClF3N2O3. The van der Waals surface area contributed by atoms with Crippen LogP contribution in [0.1, 0.15) is 29.7 Å². The number of alkyl halides is 1. The van der Waals surface area contributed by atoms with Gasteiger partial charge in [-0.3, -0.25) is 9.78 Å². The van der Waals surface area contributed by atoms with Crippen molar-refractivity contribution in [2.45, 2.75) is 30.7 Å². The number of hydrogen-bond donors (Lipinski definition) is 3.